The van der Waals surface area contributed by atoms with Crippen molar-refractivity contribution in [3.05, 3.63) is 90.2 Å². The zero-order valence-electron chi connectivity index (χ0n) is 24.7. The van der Waals surface area contributed by atoms with Crippen molar-refractivity contribution in [3.8, 4) is 34.4 Å². The van der Waals surface area contributed by atoms with Gasteiger partial charge in [0.25, 0.3) is 0 Å². The van der Waals surface area contributed by atoms with Gasteiger partial charge in [-0.2, -0.15) is 5.26 Å². The fourth-order valence-electron chi connectivity index (χ4n) is 5.03. The van der Waals surface area contributed by atoms with Gasteiger partial charge in [-0.1, -0.05) is 94.3 Å². The Balaban J connectivity index is 1.08. The number of unbranched alkanes of at least 4 members (excludes halogenated alkanes) is 8. The minimum absolute atomic E-state index is 0.0564. The van der Waals surface area contributed by atoms with Gasteiger partial charge in [-0.3, -0.25) is 0 Å². The molecule has 0 aliphatic rings. The van der Waals surface area contributed by atoms with E-state index < -0.39 is 5.82 Å². The highest BCUT2D eigenvalue weighted by atomic mass is 19.1. The lowest BCUT2D eigenvalue weighted by Crippen LogP contribution is -2.00. The molecule has 4 aromatic carbocycles. The van der Waals surface area contributed by atoms with Crippen LogP contribution in [0, 0.1) is 17.1 Å². The van der Waals surface area contributed by atoms with Crippen LogP contribution in [0.1, 0.15) is 76.7 Å². The van der Waals surface area contributed by atoms with Crippen molar-refractivity contribution in [1.29, 1.82) is 5.26 Å². The number of ether oxygens (including phenoxy) is 3. The van der Waals surface area contributed by atoms with Crippen molar-refractivity contribution in [2.45, 2.75) is 71.1 Å². The SMILES string of the molecule is CCCCCCOc1cccc2c(OCCCCCCCCOc3ccc(-c4ccc(C#N)c(F)c4)cc3)cccc12. The van der Waals surface area contributed by atoms with Gasteiger partial charge in [-0.05, 0) is 66.8 Å². The smallest absolute Gasteiger partial charge is 0.141 e. The molecule has 0 unspecified atom stereocenters. The van der Waals surface area contributed by atoms with Gasteiger partial charge in [0, 0.05) is 10.8 Å². The van der Waals surface area contributed by atoms with Crippen LogP contribution in [0.4, 0.5) is 4.39 Å². The lowest BCUT2D eigenvalue weighted by molar-refractivity contribution is 0.298. The van der Waals surface area contributed by atoms with E-state index >= 15 is 0 Å². The van der Waals surface area contributed by atoms with Crippen LogP contribution in [0.2, 0.25) is 0 Å². The van der Waals surface area contributed by atoms with Crippen LogP contribution >= 0.6 is 0 Å². The van der Waals surface area contributed by atoms with Crippen molar-refractivity contribution in [3.63, 3.8) is 0 Å². The maximum absolute atomic E-state index is 13.9. The average Bonchev–Trinajstić information content (AvgIpc) is 3.02. The van der Waals surface area contributed by atoms with Crippen molar-refractivity contribution < 1.29 is 18.6 Å². The molecule has 0 saturated carbocycles. The third-order valence-electron chi connectivity index (χ3n) is 7.44. The van der Waals surface area contributed by atoms with E-state index in [1.807, 2.05) is 36.4 Å². The Kier molecular flexibility index (Phi) is 12.5. The maximum Gasteiger partial charge on any atom is 0.141 e. The molecule has 220 valence electrons. The summed E-state index contributed by atoms with van der Waals surface area (Å²) in [6.45, 7) is 4.38. The molecule has 0 aliphatic heterocycles. The van der Waals surface area contributed by atoms with E-state index in [1.54, 1.807) is 6.07 Å². The maximum atomic E-state index is 13.9. The highest BCUT2D eigenvalue weighted by Crippen LogP contribution is 2.32. The molecular formula is C37H42FNO3. The molecule has 4 rings (SSSR count). The summed E-state index contributed by atoms with van der Waals surface area (Å²) in [4.78, 5) is 0. The first-order chi connectivity index (χ1) is 20.7. The van der Waals surface area contributed by atoms with Gasteiger partial charge in [-0.25, -0.2) is 4.39 Å². The molecule has 0 aliphatic carbocycles. The highest BCUT2D eigenvalue weighted by Gasteiger charge is 2.08. The topological polar surface area (TPSA) is 51.5 Å². The number of halogens is 1. The van der Waals surface area contributed by atoms with E-state index in [-0.39, 0.29) is 5.56 Å². The second-order valence-electron chi connectivity index (χ2n) is 10.7. The Morgan fingerprint density at radius 1 is 0.595 bits per heavy atom. The Morgan fingerprint density at radius 2 is 1.12 bits per heavy atom. The standard InChI is InChI=1S/C37H42FNO3/c1-2-3-4-9-25-41-36-16-12-15-34-33(36)14-13-17-37(34)42-26-11-8-6-5-7-10-24-40-32-22-20-29(21-23-32)30-18-19-31(28-39)35(38)27-30/h12-23,27H,2-11,24-26H2,1H3. The molecule has 0 atom stereocenters. The van der Waals surface area contributed by atoms with Gasteiger partial charge < -0.3 is 14.2 Å². The molecule has 0 amide bonds. The van der Waals surface area contributed by atoms with Crippen LogP contribution < -0.4 is 14.2 Å². The molecular weight excluding hydrogens is 525 g/mol. The summed E-state index contributed by atoms with van der Waals surface area (Å²) >= 11 is 0. The van der Waals surface area contributed by atoms with Gasteiger partial charge in [0.15, 0.2) is 0 Å². The Morgan fingerprint density at radius 3 is 1.67 bits per heavy atom. The van der Waals surface area contributed by atoms with Gasteiger partial charge >= 0.3 is 0 Å². The fraction of sp³-hybridized carbons (Fsp3) is 0.378. The number of rotatable bonds is 18. The number of benzene rings is 4. The Bertz CT molecular complexity index is 1430. The van der Waals surface area contributed by atoms with Crippen LogP contribution in [0.15, 0.2) is 78.9 Å². The highest BCUT2D eigenvalue weighted by molar-refractivity contribution is 5.93. The minimum Gasteiger partial charge on any atom is -0.494 e. The minimum atomic E-state index is -0.500. The summed E-state index contributed by atoms with van der Waals surface area (Å²) in [6, 6.07) is 26.6. The molecule has 0 spiro atoms. The van der Waals surface area contributed by atoms with E-state index in [2.05, 4.69) is 37.3 Å². The van der Waals surface area contributed by atoms with Crippen LogP contribution in [0.25, 0.3) is 21.9 Å². The Labute approximate surface area is 250 Å². The van der Waals surface area contributed by atoms with E-state index in [0.29, 0.717) is 6.61 Å². The second-order valence-corrected chi connectivity index (χ2v) is 10.7. The monoisotopic (exact) mass is 567 g/mol. The molecule has 42 heavy (non-hydrogen) atoms. The second kappa shape index (κ2) is 17.0. The number of nitrogens with zero attached hydrogens (tertiary/aromatic N) is 1. The first-order valence-corrected chi connectivity index (χ1v) is 15.4. The van der Waals surface area contributed by atoms with Gasteiger partial charge in [0.2, 0.25) is 0 Å². The van der Waals surface area contributed by atoms with E-state index in [9.17, 15) is 4.39 Å². The van der Waals surface area contributed by atoms with Crippen molar-refractivity contribution in [2.75, 3.05) is 19.8 Å². The van der Waals surface area contributed by atoms with Gasteiger partial charge in [-0.15, -0.1) is 0 Å². The van der Waals surface area contributed by atoms with E-state index in [4.69, 9.17) is 19.5 Å². The van der Waals surface area contributed by atoms with Crippen molar-refractivity contribution in [1.82, 2.24) is 0 Å². The van der Waals surface area contributed by atoms with Crippen LogP contribution in [0.5, 0.6) is 17.2 Å². The molecule has 0 heterocycles. The zero-order valence-corrected chi connectivity index (χ0v) is 24.7. The summed E-state index contributed by atoms with van der Waals surface area (Å²) in [6.07, 6.45) is 11.5. The molecule has 0 bridgehead atoms. The number of fused-ring (bicyclic) bond motifs is 1. The predicted molar refractivity (Wildman–Crippen MR) is 169 cm³/mol. The van der Waals surface area contributed by atoms with Gasteiger partial charge in [0.05, 0.1) is 25.4 Å². The third kappa shape index (κ3) is 9.24. The van der Waals surface area contributed by atoms with Gasteiger partial charge in [0.1, 0.15) is 29.1 Å². The number of hydrogen-bond acceptors (Lipinski definition) is 4. The summed E-state index contributed by atoms with van der Waals surface area (Å²) in [5.74, 6) is 2.18. The Hall–Kier alpha value is -4.04. The molecule has 5 heteroatoms. The molecule has 0 aromatic heterocycles. The summed E-state index contributed by atoms with van der Waals surface area (Å²) in [5.41, 5.74) is 1.69. The normalized spacial score (nSPS) is 10.9. The summed E-state index contributed by atoms with van der Waals surface area (Å²) < 4.78 is 32.1. The molecule has 4 aromatic rings. The lowest BCUT2D eigenvalue weighted by atomic mass is 10.0. The fourth-order valence-corrected chi connectivity index (χ4v) is 5.03. The van der Waals surface area contributed by atoms with Crippen LogP contribution in [-0.4, -0.2) is 19.8 Å². The molecule has 4 nitrogen and oxygen atoms in total. The third-order valence-corrected chi connectivity index (χ3v) is 7.44. The number of nitriles is 1. The van der Waals surface area contributed by atoms with Crippen molar-refractivity contribution in [2.24, 2.45) is 0 Å². The quantitative estimate of drug-likeness (QED) is 0.112. The average molecular weight is 568 g/mol. The molecule has 0 radical (unpaired) electrons. The van der Waals surface area contributed by atoms with Crippen LogP contribution in [-0.2, 0) is 0 Å². The van der Waals surface area contributed by atoms with Crippen LogP contribution in [0.3, 0.4) is 0 Å². The van der Waals surface area contributed by atoms with Crippen molar-refractivity contribution >= 4 is 10.8 Å². The number of hydrogen-bond donors (Lipinski definition) is 0. The molecule has 0 saturated heterocycles. The van der Waals surface area contributed by atoms with E-state index in [0.717, 1.165) is 84.5 Å². The zero-order chi connectivity index (χ0) is 29.4. The largest absolute Gasteiger partial charge is 0.494 e. The predicted octanol–water partition coefficient (Wildman–Crippen LogP) is 10.3. The summed E-state index contributed by atoms with van der Waals surface area (Å²) in [5, 5.41) is 11.1. The lowest BCUT2D eigenvalue weighted by Gasteiger charge is -2.13. The molecule has 0 N–H and O–H groups in total. The first kappa shape index (κ1) is 30.9. The molecule has 0 fully saturated rings. The summed E-state index contributed by atoms with van der Waals surface area (Å²) in [7, 11) is 0. The first-order valence-electron chi connectivity index (χ1n) is 15.4. The van der Waals surface area contributed by atoms with E-state index in [1.165, 1.54) is 44.2 Å².